The summed E-state index contributed by atoms with van der Waals surface area (Å²) >= 11 is 0.983. The average Bonchev–Trinajstić information content (AvgIpc) is 2.58. The van der Waals surface area contributed by atoms with Crippen molar-refractivity contribution in [1.82, 2.24) is 0 Å². The van der Waals surface area contributed by atoms with Gasteiger partial charge in [0.2, 0.25) is 0 Å². The van der Waals surface area contributed by atoms with Gasteiger partial charge < -0.3 is 9.47 Å². The van der Waals surface area contributed by atoms with E-state index in [0.29, 0.717) is 5.71 Å². The second kappa shape index (κ2) is 9.12. The third kappa shape index (κ3) is 5.53. The van der Waals surface area contributed by atoms with Crippen molar-refractivity contribution in [3.8, 4) is 0 Å². The number of carbonyl (C=O) groups excluding carboxylic acids is 3. The number of rotatable bonds is 6. The van der Waals surface area contributed by atoms with E-state index < -0.39 is 23.9 Å². The minimum atomic E-state index is -0.857. The maximum atomic E-state index is 12.1. The van der Waals surface area contributed by atoms with Crippen molar-refractivity contribution >= 4 is 40.5 Å². The second-order valence-corrected chi connectivity index (χ2v) is 6.10. The molecule has 1 heterocycles. The Morgan fingerprint density at radius 3 is 2.56 bits per heavy atom. The largest absolute Gasteiger partial charge is 0.465 e. The summed E-state index contributed by atoms with van der Waals surface area (Å²) in [5.74, 6) is -1.93. The van der Waals surface area contributed by atoms with Crippen LogP contribution < -0.4 is 0 Å². The number of benzene rings is 1. The molecule has 7 nitrogen and oxygen atoms in total. The lowest BCUT2D eigenvalue weighted by atomic mass is 10.1. The number of nitrogens with zero attached hydrogens (tertiary/aromatic N) is 2. The predicted octanol–water partition coefficient (Wildman–Crippen LogP) is 2.64. The van der Waals surface area contributed by atoms with Gasteiger partial charge >= 0.3 is 18.0 Å². The van der Waals surface area contributed by atoms with Crippen LogP contribution >= 0.6 is 11.8 Å². The Labute approximate surface area is 149 Å². The van der Waals surface area contributed by atoms with Gasteiger partial charge in [-0.25, -0.2) is 4.79 Å². The van der Waals surface area contributed by atoms with Gasteiger partial charge in [0.25, 0.3) is 0 Å². The first-order chi connectivity index (χ1) is 12.0. The average molecular weight is 362 g/mol. The van der Waals surface area contributed by atoms with Crippen LogP contribution in [0.3, 0.4) is 0 Å². The highest BCUT2D eigenvalue weighted by Crippen LogP contribution is 2.21. The SMILES string of the molecule is CCOC(=O)C1C(C)=NC(=O)N=C1SCC(=O)OCc1ccccc1. The van der Waals surface area contributed by atoms with Crippen LogP contribution in [-0.4, -0.2) is 41.1 Å². The topological polar surface area (TPSA) is 94.4 Å². The quantitative estimate of drug-likeness (QED) is 0.722. The number of urea groups is 1. The van der Waals surface area contributed by atoms with Crippen molar-refractivity contribution < 1.29 is 23.9 Å². The summed E-state index contributed by atoms with van der Waals surface area (Å²) in [4.78, 5) is 42.9. The van der Waals surface area contributed by atoms with Gasteiger partial charge in [-0.3, -0.25) is 9.59 Å². The summed E-state index contributed by atoms with van der Waals surface area (Å²) in [6, 6.07) is 8.58. The minimum absolute atomic E-state index is 0.0673. The van der Waals surface area contributed by atoms with Crippen LogP contribution in [0.2, 0.25) is 0 Å². The molecule has 25 heavy (non-hydrogen) atoms. The molecule has 0 spiro atoms. The molecule has 0 radical (unpaired) electrons. The minimum Gasteiger partial charge on any atom is -0.465 e. The molecule has 8 heteroatoms. The summed E-state index contributed by atoms with van der Waals surface area (Å²) in [6.45, 7) is 3.60. The molecule has 1 aromatic carbocycles. The highest BCUT2D eigenvalue weighted by molar-refractivity contribution is 8.14. The molecule has 1 atom stereocenters. The zero-order valence-electron chi connectivity index (χ0n) is 13.9. The van der Waals surface area contributed by atoms with Crippen molar-refractivity contribution in [3.63, 3.8) is 0 Å². The van der Waals surface area contributed by atoms with E-state index in [-0.39, 0.29) is 24.0 Å². The zero-order chi connectivity index (χ0) is 18.2. The lowest BCUT2D eigenvalue weighted by Crippen LogP contribution is -2.34. The van der Waals surface area contributed by atoms with E-state index >= 15 is 0 Å². The molecule has 0 aromatic heterocycles. The highest BCUT2D eigenvalue weighted by Gasteiger charge is 2.33. The van der Waals surface area contributed by atoms with Gasteiger partial charge in [-0.2, -0.15) is 9.98 Å². The van der Waals surface area contributed by atoms with E-state index in [9.17, 15) is 14.4 Å². The first-order valence-corrected chi connectivity index (χ1v) is 8.66. The Bertz CT molecular complexity index is 715. The van der Waals surface area contributed by atoms with Crippen molar-refractivity contribution in [2.75, 3.05) is 12.4 Å². The number of carbonyl (C=O) groups is 3. The first-order valence-electron chi connectivity index (χ1n) is 7.68. The number of hydrogen-bond acceptors (Lipinski definition) is 6. The van der Waals surface area contributed by atoms with E-state index in [1.54, 1.807) is 13.8 Å². The molecule has 0 bridgehead atoms. The van der Waals surface area contributed by atoms with E-state index in [0.717, 1.165) is 17.3 Å². The number of hydrogen-bond donors (Lipinski definition) is 0. The summed E-state index contributed by atoms with van der Waals surface area (Å²) in [6.07, 6.45) is 0. The van der Waals surface area contributed by atoms with E-state index in [1.807, 2.05) is 30.3 Å². The fourth-order valence-corrected chi connectivity index (χ4v) is 3.03. The summed E-state index contributed by atoms with van der Waals surface area (Å²) in [5.41, 5.74) is 1.18. The third-order valence-electron chi connectivity index (χ3n) is 3.25. The summed E-state index contributed by atoms with van der Waals surface area (Å²) in [7, 11) is 0. The van der Waals surface area contributed by atoms with Gasteiger partial charge in [0.1, 0.15) is 12.5 Å². The molecular formula is C17H18N2O5S. The Morgan fingerprint density at radius 1 is 1.16 bits per heavy atom. The van der Waals surface area contributed by atoms with Crippen LogP contribution in [0.15, 0.2) is 40.3 Å². The Kier molecular flexibility index (Phi) is 6.88. The lowest BCUT2D eigenvalue weighted by Gasteiger charge is -2.19. The molecule has 132 valence electrons. The van der Waals surface area contributed by atoms with Gasteiger partial charge in [0.15, 0.2) is 0 Å². The number of aliphatic imine (C=N–C) groups is 2. The fourth-order valence-electron chi connectivity index (χ4n) is 2.10. The number of thioether (sulfide) groups is 1. The molecule has 1 aliphatic rings. The number of ether oxygens (including phenoxy) is 2. The van der Waals surface area contributed by atoms with Crippen LogP contribution in [0.1, 0.15) is 19.4 Å². The molecule has 2 rings (SSSR count). The van der Waals surface area contributed by atoms with Crippen molar-refractivity contribution in [3.05, 3.63) is 35.9 Å². The van der Waals surface area contributed by atoms with Crippen LogP contribution in [0.4, 0.5) is 4.79 Å². The maximum absolute atomic E-state index is 12.1. The van der Waals surface area contributed by atoms with Crippen LogP contribution in [0.25, 0.3) is 0 Å². The van der Waals surface area contributed by atoms with Gasteiger partial charge in [-0.05, 0) is 19.4 Å². The molecule has 1 aliphatic heterocycles. The third-order valence-corrected chi connectivity index (χ3v) is 4.25. The maximum Gasteiger partial charge on any atom is 0.367 e. The molecule has 1 aromatic rings. The Balaban J connectivity index is 1.93. The normalized spacial score (nSPS) is 16.7. The monoisotopic (exact) mass is 362 g/mol. The molecule has 1 unspecified atom stereocenters. The van der Waals surface area contributed by atoms with Crippen LogP contribution in [0, 0.1) is 5.92 Å². The van der Waals surface area contributed by atoms with E-state index in [4.69, 9.17) is 9.47 Å². The number of amides is 2. The molecule has 2 amide bonds. The van der Waals surface area contributed by atoms with Gasteiger partial charge in [0, 0.05) is 5.71 Å². The van der Waals surface area contributed by atoms with Gasteiger partial charge in [0.05, 0.1) is 17.4 Å². The van der Waals surface area contributed by atoms with E-state index in [1.165, 1.54) is 0 Å². The zero-order valence-corrected chi connectivity index (χ0v) is 14.7. The Hall–Kier alpha value is -2.48. The second-order valence-electron chi connectivity index (χ2n) is 5.11. The first kappa shape index (κ1) is 18.9. The molecule has 0 fully saturated rings. The van der Waals surface area contributed by atoms with Crippen LogP contribution in [-0.2, 0) is 25.7 Å². The fraction of sp³-hybridized carbons (Fsp3) is 0.353. The molecule has 0 saturated carbocycles. The van der Waals surface area contributed by atoms with E-state index in [2.05, 4.69) is 9.98 Å². The van der Waals surface area contributed by atoms with Crippen molar-refractivity contribution in [2.45, 2.75) is 20.5 Å². The smallest absolute Gasteiger partial charge is 0.367 e. The summed E-state index contributed by atoms with van der Waals surface area (Å²) in [5, 5.41) is 0.201. The van der Waals surface area contributed by atoms with Gasteiger partial charge in [-0.1, -0.05) is 42.1 Å². The standard InChI is InChI=1S/C17H18N2O5S/c1-3-23-16(21)14-11(2)18-17(22)19-15(14)25-10-13(20)24-9-12-7-5-4-6-8-12/h4-8,14H,3,9-10H2,1-2H3. The predicted molar refractivity (Wildman–Crippen MR) is 94.8 cm³/mol. The molecule has 0 N–H and O–H groups in total. The Morgan fingerprint density at radius 2 is 1.88 bits per heavy atom. The summed E-state index contributed by atoms with van der Waals surface area (Å²) < 4.78 is 10.2. The highest BCUT2D eigenvalue weighted by atomic mass is 32.2. The van der Waals surface area contributed by atoms with Crippen molar-refractivity contribution in [2.24, 2.45) is 15.9 Å². The lowest BCUT2D eigenvalue weighted by molar-refractivity contribution is -0.144. The molecule has 0 saturated heterocycles. The van der Waals surface area contributed by atoms with Gasteiger partial charge in [-0.15, -0.1) is 0 Å². The number of esters is 2. The molecule has 0 aliphatic carbocycles. The van der Waals surface area contributed by atoms with Crippen LogP contribution in [0.5, 0.6) is 0 Å². The van der Waals surface area contributed by atoms with Crippen molar-refractivity contribution in [1.29, 1.82) is 0 Å². The molecular weight excluding hydrogens is 344 g/mol.